The Balaban J connectivity index is 2.00. The van der Waals surface area contributed by atoms with Crippen LogP contribution in [-0.4, -0.2) is 140 Å². The molecule has 14 heteroatoms. The highest BCUT2D eigenvalue weighted by atomic mass is 16.7. The molecule has 0 saturated carbocycles. The molecule has 2 aliphatic heterocycles. The van der Waals surface area contributed by atoms with Gasteiger partial charge in [-0.15, -0.1) is 0 Å². The van der Waals surface area contributed by atoms with Crippen LogP contribution in [-0.2, 0) is 23.7 Å². The Labute approximate surface area is 222 Å². The van der Waals surface area contributed by atoms with E-state index in [1.54, 1.807) is 0 Å². The van der Waals surface area contributed by atoms with Gasteiger partial charge in [0.25, 0.3) is 0 Å². The fourth-order valence-corrected chi connectivity index (χ4v) is 4.56. The zero-order chi connectivity index (χ0) is 28.4. The van der Waals surface area contributed by atoms with Gasteiger partial charge in [0.2, 0.25) is 5.91 Å². The van der Waals surface area contributed by atoms with Crippen molar-refractivity contribution >= 4 is 5.91 Å². The van der Waals surface area contributed by atoms with E-state index in [1.807, 2.05) is 0 Å². The van der Waals surface area contributed by atoms with Gasteiger partial charge in [0.05, 0.1) is 32.0 Å². The molecule has 2 saturated heterocycles. The van der Waals surface area contributed by atoms with Crippen molar-refractivity contribution in [2.45, 2.75) is 126 Å². The zero-order valence-corrected chi connectivity index (χ0v) is 21.9. The quantitative estimate of drug-likeness (QED) is 0.0911. The molecule has 12 unspecified atom stereocenters. The van der Waals surface area contributed by atoms with Crippen molar-refractivity contribution in [3.05, 3.63) is 0 Å². The number of carbonyl (C=O) groups is 1. The second-order valence-corrected chi connectivity index (χ2v) is 9.92. The molecule has 2 aliphatic rings. The molecule has 1 amide bonds. The Morgan fingerprint density at radius 3 is 2.05 bits per heavy atom. The van der Waals surface area contributed by atoms with Crippen molar-refractivity contribution in [1.29, 1.82) is 0 Å². The molecule has 38 heavy (non-hydrogen) atoms. The summed E-state index contributed by atoms with van der Waals surface area (Å²) in [6.45, 7) is 1.72. The number of hydrogen-bond donors (Lipinski definition) is 9. The van der Waals surface area contributed by atoms with Gasteiger partial charge in [-0.05, 0) is 6.42 Å². The summed E-state index contributed by atoms with van der Waals surface area (Å²) in [7, 11) is 0. The summed E-state index contributed by atoms with van der Waals surface area (Å²) >= 11 is 0. The number of rotatable bonds is 15. The molecular weight excluding hydrogens is 510 g/mol. The van der Waals surface area contributed by atoms with Gasteiger partial charge in [-0.1, -0.05) is 39.0 Å². The molecule has 2 heterocycles. The summed E-state index contributed by atoms with van der Waals surface area (Å²) in [5, 5.41) is 83.8. The number of ether oxygens (including phenoxy) is 4. The lowest BCUT2D eigenvalue weighted by Gasteiger charge is -2.46. The first-order valence-electron chi connectivity index (χ1n) is 13.2. The molecule has 0 aromatic rings. The number of carbonyl (C=O) groups excluding carboxylic acids is 1. The lowest BCUT2D eigenvalue weighted by molar-refractivity contribution is -0.359. The number of hydrogen-bond acceptors (Lipinski definition) is 13. The average Bonchev–Trinajstić information content (AvgIpc) is 2.89. The van der Waals surface area contributed by atoms with Crippen LogP contribution >= 0.6 is 0 Å². The van der Waals surface area contributed by atoms with Gasteiger partial charge in [-0.3, -0.25) is 4.79 Å². The molecule has 0 aliphatic carbocycles. The Morgan fingerprint density at radius 1 is 0.842 bits per heavy atom. The van der Waals surface area contributed by atoms with E-state index in [9.17, 15) is 45.6 Å². The minimum absolute atomic E-state index is 0.263. The first-order chi connectivity index (χ1) is 18.0. The van der Waals surface area contributed by atoms with Crippen LogP contribution in [0.15, 0.2) is 0 Å². The van der Waals surface area contributed by atoms with Crippen LogP contribution in [0.1, 0.15) is 52.4 Å². The molecule has 0 aromatic heterocycles. The topological polar surface area (TPSA) is 228 Å². The van der Waals surface area contributed by atoms with Crippen LogP contribution in [0.25, 0.3) is 0 Å². The highest BCUT2D eigenvalue weighted by Crippen LogP contribution is 2.29. The zero-order valence-electron chi connectivity index (χ0n) is 21.9. The maximum Gasteiger partial charge on any atom is 0.217 e. The van der Waals surface area contributed by atoms with Gasteiger partial charge in [-0.25, -0.2) is 0 Å². The van der Waals surface area contributed by atoms with Gasteiger partial charge >= 0.3 is 0 Å². The molecule has 12 atom stereocenters. The van der Waals surface area contributed by atoms with Gasteiger partial charge in [0.15, 0.2) is 12.6 Å². The minimum Gasteiger partial charge on any atom is -0.394 e. The summed E-state index contributed by atoms with van der Waals surface area (Å²) in [5.41, 5.74) is 0. The van der Waals surface area contributed by atoms with Crippen LogP contribution in [0.3, 0.4) is 0 Å². The largest absolute Gasteiger partial charge is 0.394 e. The molecule has 0 bridgehead atoms. The predicted molar refractivity (Wildman–Crippen MR) is 129 cm³/mol. The number of amides is 1. The molecule has 0 aromatic carbocycles. The molecule has 2 rings (SSSR count). The third kappa shape index (κ3) is 9.01. The summed E-state index contributed by atoms with van der Waals surface area (Å²) in [5.74, 6) is -0.394. The van der Waals surface area contributed by atoms with Gasteiger partial charge in [-0.2, -0.15) is 0 Å². The van der Waals surface area contributed by atoms with E-state index >= 15 is 0 Å². The molecular formula is C24H45NO13. The monoisotopic (exact) mass is 555 g/mol. The normalized spacial score (nSPS) is 37.5. The Morgan fingerprint density at radius 2 is 1.45 bits per heavy atom. The van der Waals surface area contributed by atoms with Crippen LogP contribution in [0.4, 0.5) is 0 Å². The summed E-state index contributed by atoms with van der Waals surface area (Å²) in [4.78, 5) is 11.7. The highest BCUT2D eigenvalue weighted by Gasteiger charge is 2.50. The van der Waals surface area contributed by atoms with E-state index in [1.165, 1.54) is 6.92 Å². The molecule has 0 spiro atoms. The molecule has 2 fully saturated rings. The van der Waals surface area contributed by atoms with Crippen molar-refractivity contribution < 1.29 is 64.6 Å². The van der Waals surface area contributed by atoms with Crippen molar-refractivity contribution in [3.63, 3.8) is 0 Å². The third-order valence-corrected chi connectivity index (χ3v) is 6.86. The lowest BCUT2D eigenvalue weighted by atomic mass is 9.97. The van der Waals surface area contributed by atoms with E-state index in [-0.39, 0.29) is 6.61 Å². The molecule has 0 radical (unpaired) electrons. The number of nitrogens with one attached hydrogen (secondary N) is 1. The lowest BCUT2D eigenvalue weighted by Crippen LogP contribution is -2.65. The van der Waals surface area contributed by atoms with Crippen LogP contribution in [0, 0.1) is 0 Å². The SMILES string of the molecule is CCCCCCCC(O)C(COC1OC(CO)C(OC2OC(CO)C(O)C(O)C2O)C(O)C1O)NC(C)=O. The van der Waals surface area contributed by atoms with Gasteiger partial charge < -0.3 is 65.1 Å². The van der Waals surface area contributed by atoms with Crippen LogP contribution < -0.4 is 5.32 Å². The molecule has 9 N–H and O–H groups in total. The highest BCUT2D eigenvalue weighted by molar-refractivity contribution is 5.73. The van der Waals surface area contributed by atoms with Crippen LogP contribution in [0.2, 0.25) is 0 Å². The van der Waals surface area contributed by atoms with Crippen molar-refractivity contribution in [3.8, 4) is 0 Å². The molecule has 14 nitrogen and oxygen atoms in total. The number of aliphatic hydroxyl groups excluding tert-OH is 8. The average molecular weight is 556 g/mol. The maximum atomic E-state index is 11.7. The first-order valence-corrected chi connectivity index (χ1v) is 13.2. The first kappa shape index (κ1) is 33.2. The number of unbranched alkanes of at least 4 members (excludes halogenated alkanes) is 4. The fraction of sp³-hybridized carbons (Fsp3) is 0.958. The second kappa shape index (κ2) is 16.3. The fourth-order valence-electron chi connectivity index (χ4n) is 4.56. The maximum absolute atomic E-state index is 11.7. The number of aliphatic hydroxyl groups is 8. The molecule has 224 valence electrons. The van der Waals surface area contributed by atoms with Crippen molar-refractivity contribution in [2.75, 3.05) is 19.8 Å². The van der Waals surface area contributed by atoms with E-state index in [2.05, 4.69) is 12.2 Å². The van der Waals surface area contributed by atoms with E-state index < -0.39 is 92.7 Å². The summed E-state index contributed by atoms with van der Waals surface area (Å²) in [6.07, 6.45) is -11.3. The van der Waals surface area contributed by atoms with Gasteiger partial charge in [0, 0.05) is 6.92 Å². The van der Waals surface area contributed by atoms with Crippen molar-refractivity contribution in [1.82, 2.24) is 5.32 Å². The van der Waals surface area contributed by atoms with E-state index in [0.29, 0.717) is 6.42 Å². The smallest absolute Gasteiger partial charge is 0.217 e. The summed E-state index contributed by atoms with van der Waals surface area (Å²) < 4.78 is 21.9. The standard InChI is InChI=1S/C24H45NO13/c1-3-4-5-6-7-8-14(29)13(25-12(2)28)11-35-23-21(34)19(32)22(16(10-27)37-23)38-24-20(33)18(31)17(30)15(9-26)36-24/h13-24,26-27,29-34H,3-11H2,1-2H3,(H,25,28). The predicted octanol–water partition coefficient (Wildman–Crippen LogP) is -3.15. The van der Waals surface area contributed by atoms with Crippen LogP contribution in [0.5, 0.6) is 0 Å². The Hall–Kier alpha value is -1.01. The second-order valence-electron chi connectivity index (χ2n) is 9.92. The third-order valence-electron chi connectivity index (χ3n) is 6.86. The Kier molecular flexibility index (Phi) is 14.2. The minimum atomic E-state index is -1.77. The van der Waals surface area contributed by atoms with E-state index in [4.69, 9.17) is 18.9 Å². The Bertz CT molecular complexity index is 684. The summed E-state index contributed by atoms with van der Waals surface area (Å²) in [6, 6.07) is -0.817. The van der Waals surface area contributed by atoms with E-state index in [0.717, 1.165) is 32.1 Å². The van der Waals surface area contributed by atoms with Gasteiger partial charge in [0.1, 0.15) is 48.8 Å². The van der Waals surface area contributed by atoms with Crippen molar-refractivity contribution in [2.24, 2.45) is 0 Å².